The Labute approximate surface area is 155 Å². The molecule has 0 saturated heterocycles. The molecule has 0 unspecified atom stereocenters. The molecule has 0 saturated carbocycles. The van der Waals surface area contributed by atoms with Crippen molar-refractivity contribution in [1.29, 1.82) is 5.26 Å². The Balaban J connectivity index is 1.65. The van der Waals surface area contributed by atoms with Crippen LogP contribution in [0.3, 0.4) is 0 Å². The number of nitrogens with one attached hydrogen (secondary N) is 1. The van der Waals surface area contributed by atoms with Crippen molar-refractivity contribution in [3.63, 3.8) is 0 Å². The second-order valence-corrected chi connectivity index (χ2v) is 6.33. The number of hydrogen-bond donors (Lipinski definition) is 1. The van der Waals surface area contributed by atoms with Gasteiger partial charge in [-0.1, -0.05) is 22.8 Å². The highest BCUT2D eigenvalue weighted by Gasteiger charge is 2.14. The first-order valence-electron chi connectivity index (χ1n) is 7.94. The van der Waals surface area contributed by atoms with Crippen LogP contribution in [0.4, 0.5) is 0 Å². The van der Waals surface area contributed by atoms with E-state index in [0.717, 1.165) is 11.3 Å². The topological polar surface area (TPSA) is 96.7 Å². The fraction of sp³-hybridized carbons (Fsp3) is 0.222. The number of aromatic nitrogens is 3. The molecule has 0 aliphatic heterocycles. The molecule has 3 rings (SSSR count). The summed E-state index contributed by atoms with van der Waals surface area (Å²) in [5, 5.41) is 20.4. The van der Waals surface area contributed by atoms with E-state index in [2.05, 4.69) is 15.6 Å². The van der Waals surface area contributed by atoms with Crippen LogP contribution in [-0.4, -0.2) is 26.9 Å². The standard InChI is InChI=1S/C18H16ClN5O2/c1-11(21-18(25)17-7-12(2)26-23-17)10-24-6-5-16(22-24)13-3-4-14(9-20)15(19)8-13/h3-8,11H,10H2,1-2H3,(H,21,25)/t11-/m1/s1. The van der Waals surface area contributed by atoms with Gasteiger partial charge in [-0.3, -0.25) is 9.48 Å². The summed E-state index contributed by atoms with van der Waals surface area (Å²) in [6.07, 6.45) is 1.82. The van der Waals surface area contributed by atoms with Crippen LogP contribution in [0.1, 0.15) is 28.7 Å². The van der Waals surface area contributed by atoms with Crippen LogP contribution < -0.4 is 5.32 Å². The highest BCUT2D eigenvalue weighted by Crippen LogP contribution is 2.24. The van der Waals surface area contributed by atoms with Crippen molar-refractivity contribution in [1.82, 2.24) is 20.3 Å². The van der Waals surface area contributed by atoms with Gasteiger partial charge in [0.05, 0.1) is 22.8 Å². The van der Waals surface area contributed by atoms with Gasteiger partial charge in [-0.25, -0.2) is 0 Å². The predicted molar refractivity (Wildman–Crippen MR) is 95.6 cm³/mol. The molecule has 1 N–H and O–H groups in total. The number of halogens is 1. The molecule has 7 nitrogen and oxygen atoms in total. The van der Waals surface area contributed by atoms with Crippen LogP contribution in [0.5, 0.6) is 0 Å². The zero-order valence-corrected chi connectivity index (χ0v) is 15.0. The van der Waals surface area contributed by atoms with Crippen molar-refractivity contribution in [2.45, 2.75) is 26.4 Å². The number of carbonyl (C=O) groups excluding carboxylic acids is 1. The molecule has 8 heteroatoms. The number of benzene rings is 1. The van der Waals surface area contributed by atoms with E-state index in [9.17, 15) is 4.79 Å². The summed E-state index contributed by atoms with van der Waals surface area (Å²) in [5.74, 6) is 0.293. The number of rotatable bonds is 5. The summed E-state index contributed by atoms with van der Waals surface area (Å²) in [6.45, 7) is 4.10. The molecule has 0 bridgehead atoms. The van der Waals surface area contributed by atoms with Gasteiger partial charge in [0.25, 0.3) is 5.91 Å². The fourth-order valence-electron chi connectivity index (χ4n) is 2.48. The third kappa shape index (κ3) is 3.92. The fourth-order valence-corrected chi connectivity index (χ4v) is 2.70. The maximum Gasteiger partial charge on any atom is 0.273 e. The van der Waals surface area contributed by atoms with E-state index in [4.69, 9.17) is 21.4 Å². The lowest BCUT2D eigenvalue weighted by Gasteiger charge is -2.12. The van der Waals surface area contributed by atoms with Crippen LogP contribution in [0.2, 0.25) is 5.02 Å². The Morgan fingerprint density at radius 2 is 2.23 bits per heavy atom. The minimum absolute atomic E-state index is 0.156. The molecule has 0 aliphatic rings. The van der Waals surface area contributed by atoms with E-state index in [1.165, 1.54) is 0 Å². The summed E-state index contributed by atoms with van der Waals surface area (Å²) in [7, 11) is 0. The quantitative estimate of drug-likeness (QED) is 0.744. The Morgan fingerprint density at radius 1 is 1.42 bits per heavy atom. The first-order valence-corrected chi connectivity index (χ1v) is 8.31. The largest absolute Gasteiger partial charge is 0.361 e. The molecule has 1 amide bonds. The Morgan fingerprint density at radius 3 is 2.88 bits per heavy atom. The molecule has 1 aromatic carbocycles. The van der Waals surface area contributed by atoms with Crippen molar-refractivity contribution < 1.29 is 9.32 Å². The summed E-state index contributed by atoms with van der Waals surface area (Å²) in [4.78, 5) is 12.1. The van der Waals surface area contributed by atoms with Gasteiger partial charge in [-0.2, -0.15) is 10.4 Å². The smallest absolute Gasteiger partial charge is 0.273 e. The second kappa shape index (κ2) is 7.42. The summed E-state index contributed by atoms with van der Waals surface area (Å²) >= 11 is 6.07. The van der Waals surface area contributed by atoms with Crippen LogP contribution >= 0.6 is 11.6 Å². The lowest BCUT2D eigenvalue weighted by molar-refractivity contribution is 0.0927. The molecular formula is C18H16ClN5O2. The third-order valence-electron chi connectivity index (χ3n) is 3.72. The third-order valence-corrected chi connectivity index (χ3v) is 4.04. The molecule has 0 aliphatic carbocycles. The van der Waals surface area contributed by atoms with E-state index in [0.29, 0.717) is 22.9 Å². The Kier molecular flexibility index (Phi) is 5.05. The predicted octanol–water partition coefficient (Wildman–Crippen LogP) is 3.19. The number of nitriles is 1. The van der Waals surface area contributed by atoms with E-state index in [1.54, 1.807) is 35.9 Å². The maximum atomic E-state index is 12.1. The summed E-state index contributed by atoms with van der Waals surface area (Å²) in [6, 6.07) is 10.5. The molecule has 26 heavy (non-hydrogen) atoms. The molecule has 132 valence electrons. The van der Waals surface area contributed by atoms with Gasteiger partial charge >= 0.3 is 0 Å². The van der Waals surface area contributed by atoms with E-state index >= 15 is 0 Å². The minimum Gasteiger partial charge on any atom is -0.361 e. The van der Waals surface area contributed by atoms with E-state index in [1.807, 2.05) is 25.3 Å². The normalized spacial score (nSPS) is 11.8. The van der Waals surface area contributed by atoms with E-state index in [-0.39, 0.29) is 17.6 Å². The van der Waals surface area contributed by atoms with Crippen molar-refractivity contribution in [3.05, 3.63) is 58.6 Å². The monoisotopic (exact) mass is 369 g/mol. The summed E-state index contributed by atoms with van der Waals surface area (Å²) in [5.41, 5.74) is 2.24. The Hall–Kier alpha value is -3.11. The van der Waals surface area contributed by atoms with Crippen LogP contribution in [0.15, 0.2) is 41.1 Å². The van der Waals surface area contributed by atoms with E-state index < -0.39 is 0 Å². The number of carbonyl (C=O) groups is 1. The van der Waals surface area contributed by atoms with Crippen LogP contribution in [0, 0.1) is 18.3 Å². The average molecular weight is 370 g/mol. The lowest BCUT2D eigenvalue weighted by Crippen LogP contribution is -2.36. The van der Waals surface area contributed by atoms with Gasteiger partial charge in [0.15, 0.2) is 5.69 Å². The van der Waals surface area contributed by atoms with Gasteiger partial charge in [-0.15, -0.1) is 0 Å². The number of aryl methyl sites for hydroxylation is 1. The van der Waals surface area contributed by atoms with Gasteiger partial charge in [-0.05, 0) is 32.0 Å². The molecule has 0 fully saturated rings. The van der Waals surface area contributed by atoms with Gasteiger partial charge in [0, 0.05) is 23.9 Å². The first-order chi connectivity index (χ1) is 12.5. The van der Waals surface area contributed by atoms with Gasteiger partial charge in [0.2, 0.25) is 0 Å². The lowest BCUT2D eigenvalue weighted by atomic mass is 10.1. The number of hydrogen-bond acceptors (Lipinski definition) is 5. The van der Waals surface area contributed by atoms with Gasteiger partial charge in [0.1, 0.15) is 11.8 Å². The minimum atomic E-state index is -0.291. The van der Waals surface area contributed by atoms with Crippen molar-refractivity contribution in [3.8, 4) is 17.3 Å². The highest BCUT2D eigenvalue weighted by molar-refractivity contribution is 6.32. The molecular weight excluding hydrogens is 354 g/mol. The highest BCUT2D eigenvalue weighted by atomic mass is 35.5. The summed E-state index contributed by atoms with van der Waals surface area (Å²) < 4.78 is 6.64. The van der Waals surface area contributed by atoms with Crippen LogP contribution in [0.25, 0.3) is 11.3 Å². The Bertz CT molecular complexity index is 986. The van der Waals surface area contributed by atoms with Crippen LogP contribution in [-0.2, 0) is 6.54 Å². The zero-order valence-electron chi connectivity index (χ0n) is 14.2. The molecule has 0 radical (unpaired) electrons. The molecule has 0 spiro atoms. The van der Waals surface area contributed by atoms with Crippen molar-refractivity contribution in [2.75, 3.05) is 0 Å². The number of amides is 1. The SMILES string of the molecule is Cc1cc(C(=O)N[C@H](C)Cn2ccc(-c3ccc(C#N)c(Cl)c3)n2)no1. The average Bonchev–Trinajstić information content (AvgIpc) is 3.24. The van der Waals surface area contributed by atoms with Crippen molar-refractivity contribution in [2.24, 2.45) is 0 Å². The molecule has 2 heterocycles. The number of nitrogens with zero attached hydrogens (tertiary/aromatic N) is 4. The first kappa shape index (κ1) is 17.7. The van der Waals surface area contributed by atoms with Gasteiger partial charge < -0.3 is 9.84 Å². The maximum absolute atomic E-state index is 12.1. The molecule has 1 atom stereocenters. The van der Waals surface area contributed by atoms with Crippen molar-refractivity contribution >= 4 is 17.5 Å². The molecule has 2 aromatic heterocycles. The second-order valence-electron chi connectivity index (χ2n) is 5.93. The zero-order chi connectivity index (χ0) is 18.7. The molecule has 3 aromatic rings.